The van der Waals surface area contributed by atoms with Crippen molar-refractivity contribution in [2.75, 3.05) is 0 Å². The van der Waals surface area contributed by atoms with Gasteiger partial charge in [0, 0.05) is 11.6 Å². The van der Waals surface area contributed by atoms with Gasteiger partial charge in [-0.25, -0.2) is 4.39 Å². The van der Waals surface area contributed by atoms with Crippen molar-refractivity contribution in [2.24, 2.45) is 5.73 Å². The van der Waals surface area contributed by atoms with E-state index in [0.29, 0.717) is 5.56 Å². The predicted molar refractivity (Wildman–Crippen MR) is 66.6 cm³/mol. The van der Waals surface area contributed by atoms with Crippen molar-refractivity contribution >= 4 is 0 Å². The first kappa shape index (κ1) is 12.4. The van der Waals surface area contributed by atoms with Crippen molar-refractivity contribution in [1.29, 1.82) is 0 Å². The topological polar surface area (TPSA) is 35.2 Å². The molecule has 0 bridgehead atoms. The second kappa shape index (κ2) is 5.05. The Kier molecular flexibility index (Phi) is 3.67. The van der Waals surface area contributed by atoms with E-state index in [2.05, 4.69) is 0 Å². The van der Waals surface area contributed by atoms with Crippen LogP contribution in [0.2, 0.25) is 0 Å². The first-order valence-electron chi connectivity index (χ1n) is 6.30. The lowest BCUT2D eigenvalue weighted by Crippen LogP contribution is -2.15. The van der Waals surface area contributed by atoms with Crippen molar-refractivity contribution in [2.45, 2.75) is 51.7 Å². The average molecular weight is 237 g/mol. The summed E-state index contributed by atoms with van der Waals surface area (Å²) in [5, 5.41) is 0. The molecule has 1 atom stereocenters. The Morgan fingerprint density at radius 2 is 2.00 bits per heavy atom. The van der Waals surface area contributed by atoms with Crippen LogP contribution in [-0.4, -0.2) is 6.10 Å². The van der Waals surface area contributed by atoms with Crippen molar-refractivity contribution in [3.8, 4) is 5.75 Å². The van der Waals surface area contributed by atoms with Crippen molar-refractivity contribution < 1.29 is 9.13 Å². The van der Waals surface area contributed by atoms with Crippen LogP contribution < -0.4 is 10.5 Å². The number of hydrogen-bond acceptors (Lipinski definition) is 2. The number of halogens is 1. The third-order valence-corrected chi connectivity index (χ3v) is 3.38. The fourth-order valence-corrected chi connectivity index (χ4v) is 2.31. The summed E-state index contributed by atoms with van der Waals surface area (Å²) in [5.74, 6) is 0.543. The molecule has 2 nitrogen and oxygen atoms in total. The first-order valence-corrected chi connectivity index (χ1v) is 6.30. The molecule has 1 fully saturated rings. The summed E-state index contributed by atoms with van der Waals surface area (Å²) in [5.41, 5.74) is 7.24. The molecule has 1 saturated carbocycles. The Bertz CT molecular complexity index is 397. The van der Waals surface area contributed by atoms with E-state index in [1.165, 1.54) is 18.9 Å². The highest BCUT2D eigenvalue weighted by Crippen LogP contribution is 2.31. The number of hydrogen-bond donors (Lipinski definition) is 1. The zero-order valence-corrected chi connectivity index (χ0v) is 10.5. The van der Waals surface area contributed by atoms with Crippen LogP contribution in [0, 0.1) is 12.7 Å². The van der Waals surface area contributed by atoms with Gasteiger partial charge in [-0.2, -0.15) is 0 Å². The van der Waals surface area contributed by atoms with Crippen LogP contribution >= 0.6 is 0 Å². The van der Waals surface area contributed by atoms with E-state index < -0.39 is 0 Å². The molecule has 17 heavy (non-hydrogen) atoms. The molecule has 2 rings (SSSR count). The Morgan fingerprint density at radius 1 is 1.35 bits per heavy atom. The van der Waals surface area contributed by atoms with Gasteiger partial charge in [0.25, 0.3) is 0 Å². The summed E-state index contributed by atoms with van der Waals surface area (Å²) in [6.07, 6.45) is 4.90. The molecule has 0 unspecified atom stereocenters. The minimum atomic E-state index is -0.212. The minimum absolute atomic E-state index is 0.207. The second-order valence-corrected chi connectivity index (χ2v) is 4.95. The lowest BCUT2D eigenvalue weighted by Gasteiger charge is -2.19. The molecule has 1 aromatic carbocycles. The SMILES string of the molecule is Cc1cc(OC2CCCC2)c([C@H](C)N)cc1F. The summed E-state index contributed by atoms with van der Waals surface area (Å²) in [6.45, 7) is 3.60. The van der Waals surface area contributed by atoms with Gasteiger partial charge in [-0.05, 0) is 57.2 Å². The Labute approximate surface area is 102 Å². The molecular weight excluding hydrogens is 217 g/mol. The van der Waals surface area contributed by atoms with Crippen molar-refractivity contribution in [1.82, 2.24) is 0 Å². The number of rotatable bonds is 3. The average Bonchev–Trinajstić information content (AvgIpc) is 2.75. The smallest absolute Gasteiger partial charge is 0.126 e. The maximum atomic E-state index is 13.5. The van der Waals surface area contributed by atoms with E-state index in [1.54, 1.807) is 13.0 Å². The van der Waals surface area contributed by atoms with Crippen molar-refractivity contribution in [3.63, 3.8) is 0 Å². The standard InChI is InChI=1S/C14H20FNO/c1-9-7-14(17-11-5-3-4-6-11)12(10(2)16)8-13(9)15/h7-8,10-11H,3-6,16H2,1-2H3/t10-/m0/s1. The second-order valence-electron chi connectivity index (χ2n) is 4.95. The van der Waals surface area contributed by atoms with Crippen LogP contribution in [0.25, 0.3) is 0 Å². The molecule has 94 valence electrons. The van der Waals surface area contributed by atoms with E-state index in [0.717, 1.165) is 24.2 Å². The third kappa shape index (κ3) is 2.78. The highest BCUT2D eigenvalue weighted by atomic mass is 19.1. The molecule has 0 heterocycles. The minimum Gasteiger partial charge on any atom is -0.490 e. The highest BCUT2D eigenvalue weighted by molar-refractivity contribution is 5.40. The summed E-state index contributed by atoms with van der Waals surface area (Å²) >= 11 is 0. The highest BCUT2D eigenvalue weighted by Gasteiger charge is 2.19. The van der Waals surface area contributed by atoms with Crippen LogP contribution in [0.4, 0.5) is 4.39 Å². The van der Waals surface area contributed by atoms with Crippen LogP contribution in [-0.2, 0) is 0 Å². The van der Waals surface area contributed by atoms with Crippen LogP contribution in [0.3, 0.4) is 0 Å². The van der Waals surface area contributed by atoms with Crippen molar-refractivity contribution in [3.05, 3.63) is 29.1 Å². The monoisotopic (exact) mass is 237 g/mol. The number of aryl methyl sites for hydroxylation is 1. The number of ether oxygens (including phenoxy) is 1. The Balaban J connectivity index is 2.26. The maximum absolute atomic E-state index is 13.5. The first-order chi connectivity index (χ1) is 8.08. The predicted octanol–water partition coefficient (Wildman–Crippen LogP) is 3.48. The van der Waals surface area contributed by atoms with Gasteiger partial charge in [-0.3, -0.25) is 0 Å². The summed E-state index contributed by atoms with van der Waals surface area (Å²) < 4.78 is 19.5. The lowest BCUT2D eigenvalue weighted by molar-refractivity contribution is 0.206. The molecule has 1 aliphatic rings. The number of nitrogens with two attached hydrogens (primary N) is 1. The Hall–Kier alpha value is -1.09. The quantitative estimate of drug-likeness (QED) is 0.873. The maximum Gasteiger partial charge on any atom is 0.126 e. The van der Waals surface area contributed by atoms with Crippen LogP contribution in [0.15, 0.2) is 12.1 Å². The molecule has 3 heteroatoms. The molecule has 0 aliphatic heterocycles. The van der Waals surface area contributed by atoms with E-state index in [-0.39, 0.29) is 18.0 Å². The van der Waals surface area contributed by atoms with Gasteiger partial charge in [-0.15, -0.1) is 0 Å². The number of benzene rings is 1. The van der Waals surface area contributed by atoms with Crippen LogP contribution in [0.5, 0.6) is 5.75 Å². The molecule has 0 amide bonds. The molecule has 1 aromatic rings. The molecule has 0 saturated heterocycles. The summed E-state index contributed by atoms with van der Waals surface area (Å²) in [7, 11) is 0. The molecule has 2 N–H and O–H groups in total. The third-order valence-electron chi connectivity index (χ3n) is 3.38. The zero-order valence-electron chi connectivity index (χ0n) is 10.5. The van der Waals surface area contributed by atoms with Gasteiger partial charge in [0.05, 0.1) is 6.10 Å². The molecule has 0 spiro atoms. The molecule has 0 aromatic heterocycles. The molecular formula is C14H20FNO. The van der Waals surface area contributed by atoms with Gasteiger partial charge in [0.2, 0.25) is 0 Å². The van der Waals surface area contributed by atoms with Gasteiger partial charge < -0.3 is 10.5 Å². The largest absolute Gasteiger partial charge is 0.490 e. The van der Waals surface area contributed by atoms with E-state index in [9.17, 15) is 4.39 Å². The van der Waals surface area contributed by atoms with Gasteiger partial charge in [0.1, 0.15) is 11.6 Å². The fraction of sp³-hybridized carbons (Fsp3) is 0.571. The summed E-state index contributed by atoms with van der Waals surface area (Å²) in [6, 6.07) is 3.07. The van der Waals surface area contributed by atoms with E-state index in [4.69, 9.17) is 10.5 Å². The zero-order chi connectivity index (χ0) is 12.4. The fourth-order valence-electron chi connectivity index (χ4n) is 2.31. The Morgan fingerprint density at radius 3 is 2.59 bits per heavy atom. The molecule has 1 aliphatic carbocycles. The normalized spacial score (nSPS) is 18.4. The van der Waals surface area contributed by atoms with Crippen LogP contribution in [0.1, 0.15) is 49.8 Å². The lowest BCUT2D eigenvalue weighted by atomic mass is 10.0. The van der Waals surface area contributed by atoms with Gasteiger partial charge in [-0.1, -0.05) is 0 Å². The van der Waals surface area contributed by atoms with Gasteiger partial charge in [0.15, 0.2) is 0 Å². The van der Waals surface area contributed by atoms with Gasteiger partial charge >= 0.3 is 0 Å². The molecule has 0 radical (unpaired) electrons. The summed E-state index contributed by atoms with van der Waals surface area (Å²) in [4.78, 5) is 0. The van der Waals surface area contributed by atoms with E-state index in [1.807, 2.05) is 6.92 Å². The van der Waals surface area contributed by atoms with E-state index >= 15 is 0 Å².